The summed E-state index contributed by atoms with van der Waals surface area (Å²) in [5, 5.41) is 0. The first-order chi connectivity index (χ1) is 15.2. The van der Waals surface area contributed by atoms with E-state index in [0.717, 1.165) is 59.3 Å². The van der Waals surface area contributed by atoms with E-state index in [0.29, 0.717) is 12.0 Å². The van der Waals surface area contributed by atoms with E-state index < -0.39 is 0 Å². The average Bonchev–Trinajstić information content (AvgIpc) is 3.02. The van der Waals surface area contributed by atoms with Crippen molar-refractivity contribution in [1.82, 2.24) is 4.98 Å². The molecule has 1 aliphatic heterocycles. The fourth-order valence-electron chi connectivity index (χ4n) is 5.66. The van der Waals surface area contributed by atoms with Crippen LogP contribution in [0.4, 0.5) is 5.69 Å². The zero-order valence-corrected chi connectivity index (χ0v) is 20.0. The fourth-order valence-corrected chi connectivity index (χ4v) is 5.66. The van der Waals surface area contributed by atoms with Crippen molar-refractivity contribution in [3.63, 3.8) is 0 Å². The van der Waals surface area contributed by atoms with Crippen LogP contribution >= 0.6 is 0 Å². The molecule has 0 atom stereocenters. The minimum absolute atomic E-state index is 0.0481. The van der Waals surface area contributed by atoms with E-state index in [9.17, 15) is 0 Å². The van der Waals surface area contributed by atoms with Crippen LogP contribution in [0.3, 0.4) is 0 Å². The highest BCUT2D eigenvalue weighted by Gasteiger charge is 2.41. The van der Waals surface area contributed by atoms with Crippen molar-refractivity contribution >= 4 is 22.5 Å². The largest absolute Gasteiger partial charge is 0.491 e. The molecular weight excluding hydrogens is 396 g/mol. The summed E-state index contributed by atoms with van der Waals surface area (Å²) in [6.07, 6.45) is 5.56. The maximum Gasteiger partial charge on any atom is 0.192 e. The van der Waals surface area contributed by atoms with E-state index in [1.165, 1.54) is 24.0 Å². The Morgan fingerprint density at radius 3 is 2.44 bits per heavy atom. The van der Waals surface area contributed by atoms with Crippen LogP contribution in [-0.2, 0) is 5.41 Å². The molecule has 4 heteroatoms. The fraction of sp³-hybridized carbons (Fsp3) is 0.500. The van der Waals surface area contributed by atoms with Gasteiger partial charge in [-0.25, -0.2) is 4.98 Å². The van der Waals surface area contributed by atoms with Crippen LogP contribution < -0.4 is 4.74 Å². The lowest BCUT2D eigenvalue weighted by Gasteiger charge is -2.45. The molecule has 0 spiro atoms. The Hall–Kier alpha value is -2.62. The third-order valence-corrected chi connectivity index (χ3v) is 7.66. The molecule has 0 amide bonds. The number of hydrogen-bond acceptors (Lipinski definition) is 4. The number of oxazole rings is 1. The van der Waals surface area contributed by atoms with Gasteiger partial charge in [0.1, 0.15) is 17.0 Å². The molecule has 3 aromatic rings. The number of nitrogens with zero attached hydrogens (tertiary/aromatic N) is 2. The average molecular weight is 431 g/mol. The predicted octanol–water partition coefficient (Wildman–Crippen LogP) is 7.53. The maximum atomic E-state index is 5.99. The molecule has 1 aliphatic carbocycles. The lowest BCUT2D eigenvalue weighted by molar-refractivity contribution is 0.146. The Morgan fingerprint density at radius 1 is 0.969 bits per heavy atom. The molecule has 1 fully saturated rings. The van der Waals surface area contributed by atoms with Crippen molar-refractivity contribution < 1.29 is 9.15 Å². The summed E-state index contributed by atoms with van der Waals surface area (Å²) in [6.45, 7) is 11.8. The van der Waals surface area contributed by atoms with Gasteiger partial charge in [0.05, 0.1) is 6.61 Å². The smallest absolute Gasteiger partial charge is 0.192 e. The van der Waals surface area contributed by atoms with Gasteiger partial charge in [-0.2, -0.15) is 0 Å². The maximum absolute atomic E-state index is 5.99. The Bertz CT molecular complexity index is 1170. The van der Waals surface area contributed by atoms with Crippen molar-refractivity contribution in [1.29, 1.82) is 0 Å². The second-order valence-corrected chi connectivity index (χ2v) is 10.8. The van der Waals surface area contributed by atoms with Crippen LogP contribution in [0.1, 0.15) is 76.8 Å². The van der Waals surface area contributed by atoms with Crippen LogP contribution in [-0.4, -0.2) is 17.3 Å². The van der Waals surface area contributed by atoms with Crippen LogP contribution in [0, 0.1) is 18.3 Å². The summed E-state index contributed by atoms with van der Waals surface area (Å²) in [5.74, 6) is 2.35. The van der Waals surface area contributed by atoms with E-state index in [-0.39, 0.29) is 5.41 Å². The minimum atomic E-state index is -0.0481. The van der Waals surface area contributed by atoms with Crippen molar-refractivity contribution in [3.8, 4) is 5.75 Å². The van der Waals surface area contributed by atoms with Gasteiger partial charge in [0.15, 0.2) is 11.5 Å². The molecule has 0 N–H and O–H groups in total. The van der Waals surface area contributed by atoms with Crippen LogP contribution in [0.2, 0.25) is 0 Å². The van der Waals surface area contributed by atoms with Crippen LogP contribution in [0.15, 0.2) is 45.8 Å². The first-order valence-electron chi connectivity index (χ1n) is 11.9. The molecule has 5 rings (SSSR count). The van der Waals surface area contributed by atoms with Crippen molar-refractivity contribution in [3.05, 3.63) is 53.4 Å². The molecule has 2 aromatic carbocycles. The highest BCUT2D eigenvalue weighted by Crippen LogP contribution is 2.51. The van der Waals surface area contributed by atoms with E-state index in [2.05, 4.69) is 69.1 Å². The Kier molecular flexibility index (Phi) is 5.15. The van der Waals surface area contributed by atoms with Gasteiger partial charge in [-0.15, -0.1) is 0 Å². The number of benzene rings is 2. The Balaban J connectivity index is 1.63. The summed E-state index contributed by atoms with van der Waals surface area (Å²) < 4.78 is 11.8. The summed E-state index contributed by atoms with van der Waals surface area (Å²) in [4.78, 5) is 9.52. The number of ether oxygens (including phenoxy) is 1. The van der Waals surface area contributed by atoms with E-state index in [1.54, 1.807) is 0 Å². The standard InChI is InChI=1S/C28H34N2O2/c1-18-12-15-31-25-8-6-21(16-23(25)29-18)28(13-10-20(11-14-28)27(3,4)5)22-7-9-26-24(17-22)30-19(2)32-26/h6-9,16-17,20H,10-15H2,1-5H3. The quantitative estimate of drug-likeness (QED) is 0.422. The topological polar surface area (TPSA) is 47.6 Å². The van der Waals surface area contributed by atoms with Crippen molar-refractivity contribution in [2.45, 2.75) is 72.1 Å². The summed E-state index contributed by atoms with van der Waals surface area (Å²) in [6, 6.07) is 13.3. The van der Waals surface area contributed by atoms with Crippen LogP contribution in [0.5, 0.6) is 5.75 Å². The Labute approximate surface area is 191 Å². The van der Waals surface area contributed by atoms with E-state index in [1.807, 2.05) is 6.92 Å². The summed E-state index contributed by atoms with van der Waals surface area (Å²) in [5.41, 5.74) is 6.87. The second-order valence-electron chi connectivity index (χ2n) is 10.8. The molecular formula is C28H34N2O2. The van der Waals surface area contributed by atoms with Gasteiger partial charge in [-0.05, 0) is 79.3 Å². The zero-order chi connectivity index (χ0) is 22.5. The van der Waals surface area contributed by atoms with Crippen molar-refractivity contribution in [2.24, 2.45) is 16.3 Å². The zero-order valence-electron chi connectivity index (χ0n) is 20.0. The number of hydrogen-bond donors (Lipinski definition) is 0. The number of aryl methyl sites for hydroxylation is 1. The molecule has 1 aromatic heterocycles. The Morgan fingerprint density at radius 2 is 1.69 bits per heavy atom. The lowest BCUT2D eigenvalue weighted by Crippen LogP contribution is -2.36. The highest BCUT2D eigenvalue weighted by molar-refractivity contribution is 5.86. The molecule has 4 nitrogen and oxygen atoms in total. The van der Waals surface area contributed by atoms with Gasteiger partial charge in [-0.3, -0.25) is 4.99 Å². The summed E-state index contributed by atoms with van der Waals surface area (Å²) >= 11 is 0. The molecule has 32 heavy (non-hydrogen) atoms. The second kappa shape index (κ2) is 7.75. The predicted molar refractivity (Wildman–Crippen MR) is 130 cm³/mol. The molecule has 0 unspecified atom stereocenters. The van der Waals surface area contributed by atoms with Crippen molar-refractivity contribution in [2.75, 3.05) is 6.61 Å². The molecule has 0 bridgehead atoms. The molecule has 2 heterocycles. The number of aliphatic imine (C=N–C) groups is 1. The van der Waals surface area contributed by atoms with Gasteiger partial charge in [0, 0.05) is 24.5 Å². The van der Waals surface area contributed by atoms with Gasteiger partial charge in [-0.1, -0.05) is 32.9 Å². The van der Waals surface area contributed by atoms with Gasteiger partial charge in [0.25, 0.3) is 0 Å². The van der Waals surface area contributed by atoms with Gasteiger partial charge >= 0.3 is 0 Å². The third-order valence-electron chi connectivity index (χ3n) is 7.66. The molecule has 168 valence electrons. The minimum Gasteiger partial charge on any atom is -0.491 e. The molecule has 0 radical (unpaired) electrons. The first-order valence-corrected chi connectivity index (χ1v) is 11.9. The van der Waals surface area contributed by atoms with Gasteiger partial charge in [0.2, 0.25) is 0 Å². The number of rotatable bonds is 2. The highest BCUT2D eigenvalue weighted by atomic mass is 16.5. The SMILES string of the molecule is CC1=Nc2cc(C3(c4ccc5oc(C)nc5c4)CCC(C(C)(C)C)CC3)ccc2OCC1. The third kappa shape index (κ3) is 3.74. The first kappa shape index (κ1) is 21.2. The van der Waals surface area contributed by atoms with Gasteiger partial charge < -0.3 is 9.15 Å². The normalized spacial score (nSPS) is 23.9. The summed E-state index contributed by atoms with van der Waals surface area (Å²) in [7, 11) is 0. The molecule has 1 saturated carbocycles. The number of aromatic nitrogens is 1. The van der Waals surface area contributed by atoms with Crippen LogP contribution in [0.25, 0.3) is 11.1 Å². The molecule has 2 aliphatic rings. The van der Waals surface area contributed by atoms with E-state index >= 15 is 0 Å². The number of fused-ring (bicyclic) bond motifs is 2. The van der Waals surface area contributed by atoms with E-state index in [4.69, 9.17) is 14.1 Å². The monoisotopic (exact) mass is 430 g/mol. The lowest BCUT2D eigenvalue weighted by atomic mass is 9.59. The molecule has 0 saturated heterocycles.